The largest absolute Gasteiger partial charge is 0.353 e. The van der Waals surface area contributed by atoms with Crippen molar-refractivity contribution >= 4 is 21.9 Å². The van der Waals surface area contributed by atoms with Crippen LogP contribution in [0.1, 0.15) is 0 Å². The van der Waals surface area contributed by atoms with Gasteiger partial charge < -0.3 is 9.97 Å². The molecule has 0 radical (unpaired) electrons. The molecule has 7 nitrogen and oxygen atoms in total. The number of benzene rings is 2. The standard InChI is InChI=1S/C18H12N6O/c25-15-9-13(10-4-3-5-11(8-10)18-21-23-24-22-18)17-16(20-15)12-6-1-2-7-14(12)19-17/h1-9,19H,(H,20,25)(H,21,22,23,24). The van der Waals surface area contributed by atoms with Gasteiger partial charge in [0, 0.05) is 28.1 Å². The monoisotopic (exact) mass is 328 g/mol. The lowest BCUT2D eigenvalue weighted by molar-refractivity contribution is 0.881. The highest BCUT2D eigenvalue weighted by molar-refractivity contribution is 6.09. The van der Waals surface area contributed by atoms with Gasteiger partial charge >= 0.3 is 0 Å². The molecule has 5 aromatic rings. The molecule has 3 aromatic heterocycles. The van der Waals surface area contributed by atoms with Gasteiger partial charge in [-0.15, -0.1) is 5.10 Å². The smallest absolute Gasteiger partial charge is 0.249 e. The molecule has 2 aromatic carbocycles. The van der Waals surface area contributed by atoms with Crippen LogP contribution in [0, 0.1) is 0 Å². The van der Waals surface area contributed by atoms with Gasteiger partial charge in [0.2, 0.25) is 5.56 Å². The summed E-state index contributed by atoms with van der Waals surface area (Å²) in [6.07, 6.45) is 0. The molecule has 0 bridgehead atoms. The van der Waals surface area contributed by atoms with Crippen molar-refractivity contribution in [1.82, 2.24) is 30.6 Å². The van der Waals surface area contributed by atoms with Crippen LogP contribution in [0.25, 0.3) is 44.5 Å². The van der Waals surface area contributed by atoms with Crippen LogP contribution in [0.3, 0.4) is 0 Å². The number of hydrogen-bond acceptors (Lipinski definition) is 4. The molecule has 5 rings (SSSR count). The minimum atomic E-state index is -0.140. The first kappa shape index (κ1) is 13.7. The summed E-state index contributed by atoms with van der Waals surface area (Å²) in [6, 6.07) is 17.3. The lowest BCUT2D eigenvalue weighted by atomic mass is 10.0. The summed E-state index contributed by atoms with van der Waals surface area (Å²) in [6.45, 7) is 0. The Bertz CT molecular complexity index is 1270. The molecule has 120 valence electrons. The van der Waals surface area contributed by atoms with E-state index in [1.165, 1.54) is 0 Å². The SMILES string of the molecule is O=c1cc(-c2cccc(-c3nnn[nH]3)c2)c2[nH]c3ccccc3c2[nH]1. The number of aromatic amines is 3. The number of aromatic nitrogens is 6. The van der Waals surface area contributed by atoms with Crippen LogP contribution in [-0.4, -0.2) is 30.6 Å². The van der Waals surface area contributed by atoms with Crippen molar-refractivity contribution in [3.8, 4) is 22.5 Å². The number of nitrogens with one attached hydrogen (secondary N) is 3. The molecule has 0 aliphatic heterocycles. The van der Waals surface area contributed by atoms with Crippen molar-refractivity contribution in [2.75, 3.05) is 0 Å². The van der Waals surface area contributed by atoms with Crippen LogP contribution in [-0.2, 0) is 0 Å². The van der Waals surface area contributed by atoms with Gasteiger partial charge in [-0.3, -0.25) is 4.79 Å². The Hall–Kier alpha value is -3.74. The molecule has 25 heavy (non-hydrogen) atoms. The molecule has 0 saturated heterocycles. The van der Waals surface area contributed by atoms with E-state index in [1.54, 1.807) is 6.07 Å². The van der Waals surface area contributed by atoms with Gasteiger partial charge in [0.1, 0.15) is 0 Å². The average Bonchev–Trinajstić information content (AvgIpc) is 3.29. The highest BCUT2D eigenvalue weighted by Gasteiger charge is 2.12. The summed E-state index contributed by atoms with van der Waals surface area (Å²) in [4.78, 5) is 18.6. The van der Waals surface area contributed by atoms with E-state index < -0.39 is 0 Å². The predicted molar refractivity (Wildman–Crippen MR) is 95.0 cm³/mol. The molecular formula is C18H12N6O. The molecule has 7 heteroatoms. The second-order valence-electron chi connectivity index (χ2n) is 5.80. The van der Waals surface area contributed by atoms with Crippen LogP contribution in [0.2, 0.25) is 0 Å². The van der Waals surface area contributed by atoms with Crippen LogP contribution in [0.5, 0.6) is 0 Å². The van der Waals surface area contributed by atoms with Gasteiger partial charge in [0.05, 0.1) is 11.0 Å². The first-order valence-electron chi connectivity index (χ1n) is 7.78. The van der Waals surface area contributed by atoms with E-state index in [1.807, 2.05) is 48.5 Å². The zero-order chi connectivity index (χ0) is 16.8. The second kappa shape index (κ2) is 5.13. The van der Waals surface area contributed by atoms with Crippen molar-refractivity contribution in [1.29, 1.82) is 0 Å². The maximum Gasteiger partial charge on any atom is 0.249 e. The summed E-state index contributed by atoms with van der Waals surface area (Å²) in [5, 5.41) is 14.9. The van der Waals surface area contributed by atoms with Crippen LogP contribution in [0.15, 0.2) is 59.4 Å². The number of hydrogen-bond donors (Lipinski definition) is 3. The van der Waals surface area contributed by atoms with Crippen LogP contribution >= 0.6 is 0 Å². The lowest BCUT2D eigenvalue weighted by Crippen LogP contribution is -2.04. The first-order chi connectivity index (χ1) is 12.3. The second-order valence-corrected chi connectivity index (χ2v) is 5.80. The fraction of sp³-hybridized carbons (Fsp3) is 0. The number of para-hydroxylation sites is 1. The molecule has 0 saturated carbocycles. The topological polar surface area (TPSA) is 103 Å². The Morgan fingerprint density at radius 1 is 0.840 bits per heavy atom. The van der Waals surface area contributed by atoms with Crippen LogP contribution < -0.4 is 5.56 Å². The van der Waals surface area contributed by atoms with Gasteiger partial charge in [-0.1, -0.05) is 36.4 Å². The molecule has 0 aliphatic rings. The maximum atomic E-state index is 12.2. The average molecular weight is 328 g/mol. The number of nitrogens with zero attached hydrogens (tertiary/aromatic N) is 3. The van der Waals surface area contributed by atoms with Crippen molar-refractivity contribution < 1.29 is 0 Å². The summed E-state index contributed by atoms with van der Waals surface area (Å²) < 4.78 is 0. The molecule has 0 amide bonds. The van der Waals surface area contributed by atoms with E-state index in [2.05, 4.69) is 30.6 Å². The molecule has 0 spiro atoms. The van der Waals surface area contributed by atoms with E-state index >= 15 is 0 Å². The van der Waals surface area contributed by atoms with Crippen molar-refractivity contribution in [2.45, 2.75) is 0 Å². The summed E-state index contributed by atoms with van der Waals surface area (Å²) in [7, 11) is 0. The summed E-state index contributed by atoms with van der Waals surface area (Å²) in [5.74, 6) is 0.583. The Balaban J connectivity index is 1.81. The van der Waals surface area contributed by atoms with Crippen molar-refractivity contribution in [3.05, 3.63) is 65.0 Å². The van der Waals surface area contributed by atoms with E-state index in [0.717, 1.165) is 38.6 Å². The highest BCUT2D eigenvalue weighted by atomic mass is 16.1. The fourth-order valence-electron chi connectivity index (χ4n) is 3.18. The van der Waals surface area contributed by atoms with E-state index in [9.17, 15) is 4.79 Å². The van der Waals surface area contributed by atoms with E-state index in [0.29, 0.717) is 5.82 Å². The van der Waals surface area contributed by atoms with Crippen LogP contribution in [0.4, 0.5) is 0 Å². The minimum absolute atomic E-state index is 0.140. The maximum absolute atomic E-state index is 12.2. The zero-order valence-electron chi connectivity index (χ0n) is 12.9. The normalized spacial score (nSPS) is 11.4. The Kier molecular flexibility index (Phi) is 2.81. The molecular weight excluding hydrogens is 316 g/mol. The number of tetrazole rings is 1. The molecule has 3 heterocycles. The Labute approximate surface area is 140 Å². The van der Waals surface area contributed by atoms with Crippen molar-refractivity contribution in [3.63, 3.8) is 0 Å². The van der Waals surface area contributed by atoms with E-state index in [-0.39, 0.29) is 5.56 Å². The van der Waals surface area contributed by atoms with Gasteiger partial charge in [0.15, 0.2) is 5.82 Å². The van der Waals surface area contributed by atoms with Gasteiger partial charge in [-0.25, -0.2) is 5.10 Å². The first-order valence-corrected chi connectivity index (χ1v) is 7.78. The van der Waals surface area contributed by atoms with Gasteiger partial charge in [0.25, 0.3) is 0 Å². The highest BCUT2D eigenvalue weighted by Crippen LogP contribution is 2.31. The predicted octanol–water partition coefficient (Wildman–Crippen LogP) is 2.86. The number of H-pyrrole nitrogens is 3. The molecule has 0 unspecified atom stereocenters. The Morgan fingerprint density at radius 2 is 1.72 bits per heavy atom. The van der Waals surface area contributed by atoms with E-state index in [4.69, 9.17) is 0 Å². The minimum Gasteiger partial charge on any atom is -0.353 e. The molecule has 0 fully saturated rings. The number of pyridine rings is 1. The molecule has 0 atom stereocenters. The lowest BCUT2D eigenvalue weighted by Gasteiger charge is -2.05. The van der Waals surface area contributed by atoms with Gasteiger partial charge in [-0.05, 0) is 28.1 Å². The number of rotatable bonds is 2. The van der Waals surface area contributed by atoms with Crippen molar-refractivity contribution in [2.24, 2.45) is 0 Å². The third-order valence-electron chi connectivity index (χ3n) is 4.29. The fourth-order valence-corrected chi connectivity index (χ4v) is 3.18. The molecule has 3 N–H and O–H groups in total. The third-order valence-corrected chi connectivity index (χ3v) is 4.29. The van der Waals surface area contributed by atoms with Gasteiger partial charge in [-0.2, -0.15) is 0 Å². The third kappa shape index (κ3) is 2.13. The zero-order valence-corrected chi connectivity index (χ0v) is 12.9. The molecule has 0 aliphatic carbocycles. The Morgan fingerprint density at radius 3 is 2.60 bits per heavy atom. The number of fused-ring (bicyclic) bond motifs is 3. The quantitative estimate of drug-likeness (QED) is 0.463. The summed E-state index contributed by atoms with van der Waals surface area (Å²) >= 11 is 0. The summed E-state index contributed by atoms with van der Waals surface area (Å²) in [5.41, 5.74) is 5.15.